The molecule has 5 rings (SSSR count). The van der Waals surface area contributed by atoms with Crippen LogP contribution in [0, 0.1) is 12.3 Å². The number of nitrogens with one attached hydrogen (secondary N) is 1. The Kier molecular flexibility index (Phi) is 7.01. The average molecular weight is 537 g/mol. The minimum absolute atomic E-state index is 0.0975. The van der Waals surface area contributed by atoms with E-state index in [1.165, 1.54) is 18.2 Å². The number of hydrogen-bond donors (Lipinski definition) is 1. The first-order chi connectivity index (χ1) is 18.5. The summed E-state index contributed by atoms with van der Waals surface area (Å²) >= 11 is 0. The van der Waals surface area contributed by atoms with Gasteiger partial charge in [0.2, 0.25) is 0 Å². The molecule has 1 saturated heterocycles. The second-order valence-corrected chi connectivity index (χ2v) is 10.0. The molecule has 0 spiro atoms. The van der Waals surface area contributed by atoms with E-state index in [2.05, 4.69) is 4.98 Å². The highest BCUT2D eigenvalue weighted by Gasteiger charge is 2.30. The van der Waals surface area contributed by atoms with Gasteiger partial charge in [0.1, 0.15) is 5.82 Å². The van der Waals surface area contributed by atoms with E-state index < -0.39 is 12.5 Å². The van der Waals surface area contributed by atoms with Crippen LogP contribution in [0.25, 0.3) is 11.0 Å². The molecule has 1 aliphatic heterocycles. The van der Waals surface area contributed by atoms with Crippen molar-refractivity contribution in [3.63, 3.8) is 0 Å². The summed E-state index contributed by atoms with van der Waals surface area (Å²) in [5.41, 5.74) is 2.92. The summed E-state index contributed by atoms with van der Waals surface area (Å²) < 4.78 is 56.3. The first-order valence-corrected chi connectivity index (χ1v) is 12.8. The van der Waals surface area contributed by atoms with Crippen molar-refractivity contribution in [2.75, 3.05) is 13.1 Å². The van der Waals surface area contributed by atoms with Crippen molar-refractivity contribution in [3.05, 3.63) is 100 Å². The highest BCUT2D eigenvalue weighted by molar-refractivity contribution is 6.12. The predicted octanol–water partition coefficient (Wildman–Crippen LogP) is 7.29. The number of alkyl halides is 4. The molecule has 4 aromatic rings. The van der Waals surface area contributed by atoms with E-state index in [0.717, 1.165) is 11.5 Å². The third-order valence-electron chi connectivity index (χ3n) is 7.37. The number of imidazole rings is 1. The molecule has 0 radical (unpaired) electrons. The number of para-hydroxylation sites is 2. The van der Waals surface area contributed by atoms with E-state index in [4.69, 9.17) is 5.41 Å². The van der Waals surface area contributed by atoms with Crippen LogP contribution >= 0.6 is 0 Å². The molecule has 0 aliphatic carbocycles. The highest BCUT2D eigenvalue weighted by atomic mass is 19.3. The van der Waals surface area contributed by atoms with Gasteiger partial charge in [-0.2, -0.15) is 8.78 Å². The Morgan fingerprint density at radius 1 is 1.00 bits per heavy atom. The Bertz CT molecular complexity index is 1550. The van der Waals surface area contributed by atoms with Crippen molar-refractivity contribution in [1.82, 2.24) is 14.5 Å². The zero-order valence-electron chi connectivity index (χ0n) is 21.6. The lowest BCUT2D eigenvalue weighted by molar-refractivity contribution is 0.0174. The normalized spacial score (nSPS) is 14.8. The van der Waals surface area contributed by atoms with Gasteiger partial charge >= 0.3 is 6.55 Å². The minimum atomic E-state index is -3.01. The van der Waals surface area contributed by atoms with Crippen molar-refractivity contribution in [3.8, 4) is 0 Å². The largest absolute Gasteiger partial charge is 0.339 e. The van der Waals surface area contributed by atoms with E-state index in [-0.39, 0.29) is 23.1 Å². The molecule has 0 bridgehead atoms. The van der Waals surface area contributed by atoms with Crippen molar-refractivity contribution < 1.29 is 22.4 Å². The summed E-state index contributed by atoms with van der Waals surface area (Å²) in [5, 5.41) is 8.58. The van der Waals surface area contributed by atoms with Crippen LogP contribution in [0.2, 0.25) is 0 Å². The average Bonchev–Trinajstić information content (AvgIpc) is 3.32. The minimum Gasteiger partial charge on any atom is -0.339 e. The first-order valence-electron chi connectivity index (χ1n) is 12.8. The number of piperidine rings is 1. The molecule has 3 aromatic carbocycles. The van der Waals surface area contributed by atoms with Gasteiger partial charge in [0, 0.05) is 48.2 Å². The standard InChI is InChI=1S/C30H28F4N4O/c1-18-16-21(10-11-23(18)26(35)20-6-5-7-22(17-20)30(2,33)34)28(39)37-14-12-19(13-15-37)27-36-24-8-3-4-9-25(24)38(27)29(31)32/h3-11,16-17,19,29,35H,12-15H2,1-2H3. The lowest BCUT2D eigenvalue weighted by atomic mass is 9.93. The van der Waals surface area contributed by atoms with E-state index in [1.807, 2.05) is 0 Å². The van der Waals surface area contributed by atoms with Gasteiger partial charge in [-0.05, 0) is 55.7 Å². The van der Waals surface area contributed by atoms with Gasteiger partial charge in [-0.25, -0.2) is 13.8 Å². The van der Waals surface area contributed by atoms with E-state index in [0.29, 0.717) is 65.0 Å². The second-order valence-electron chi connectivity index (χ2n) is 10.0. The van der Waals surface area contributed by atoms with Crippen molar-refractivity contribution in [1.29, 1.82) is 5.41 Å². The van der Waals surface area contributed by atoms with Gasteiger partial charge in [0.15, 0.2) is 0 Å². The van der Waals surface area contributed by atoms with Gasteiger partial charge < -0.3 is 4.90 Å². The number of amides is 1. The third-order valence-corrected chi connectivity index (χ3v) is 7.37. The lowest BCUT2D eigenvalue weighted by Gasteiger charge is -2.32. The van der Waals surface area contributed by atoms with Gasteiger partial charge in [0.25, 0.3) is 11.8 Å². The predicted molar refractivity (Wildman–Crippen MR) is 142 cm³/mol. The van der Waals surface area contributed by atoms with Crippen LogP contribution in [-0.4, -0.2) is 39.2 Å². The van der Waals surface area contributed by atoms with Crippen LogP contribution in [-0.2, 0) is 5.92 Å². The Labute approximate surface area is 223 Å². The van der Waals surface area contributed by atoms with Gasteiger partial charge in [-0.3, -0.25) is 14.8 Å². The number of hydrogen-bond acceptors (Lipinski definition) is 3. The summed E-state index contributed by atoms with van der Waals surface area (Å²) in [6.07, 6.45) is 1.03. The summed E-state index contributed by atoms with van der Waals surface area (Å²) in [6, 6.07) is 17.6. The SMILES string of the molecule is Cc1cc(C(=O)N2CCC(c3nc4ccccc4n3C(F)F)CC2)ccc1C(=N)c1cccc(C(C)(F)F)c1. The van der Waals surface area contributed by atoms with Gasteiger partial charge in [-0.1, -0.05) is 36.4 Å². The summed E-state index contributed by atoms with van der Waals surface area (Å²) in [4.78, 5) is 19.5. The molecule has 39 heavy (non-hydrogen) atoms. The molecule has 9 heteroatoms. The third kappa shape index (κ3) is 5.17. The van der Waals surface area contributed by atoms with E-state index in [9.17, 15) is 22.4 Å². The number of benzene rings is 3. The fourth-order valence-corrected chi connectivity index (χ4v) is 5.26. The Hall–Kier alpha value is -4.01. The van der Waals surface area contributed by atoms with Crippen LogP contribution in [0.5, 0.6) is 0 Å². The fourth-order valence-electron chi connectivity index (χ4n) is 5.26. The number of aromatic nitrogens is 2. The quantitative estimate of drug-likeness (QED) is 0.208. The van der Waals surface area contributed by atoms with E-state index in [1.54, 1.807) is 60.4 Å². The lowest BCUT2D eigenvalue weighted by Crippen LogP contribution is -2.38. The molecule has 0 atom stereocenters. The van der Waals surface area contributed by atoms with Crippen molar-refractivity contribution >= 4 is 22.7 Å². The number of likely N-dealkylation sites (tertiary alicyclic amines) is 1. The summed E-state index contributed by atoms with van der Waals surface area (Å²) in [7, 11) is 0. The molecule has 5 nitrogen and oxygen atoms in total. The Balaban J connectivity index is 1.30. The zero-order chi connectivity index (χ0) is 27.9. The number of halogens is 4. The molecule has 2 heterocycles. The molecule has 1 aliphatic rings. The Morgan fingerprint density at radius 2 is 1.72 bits per heavy atom. The smallest absolute Gasteiger partial charge is 0.320 e. The number of carbonyl (C=O) groups excluding carboxylic acids is 1. The molecule has 1 amide bonds. The number of fused-ring (bicyclic) bond motifs is 1. The fraction of sp³-hybridized carbons (Fsp3) is 0.300. The number of carbonyl (C=O) groups is 1. The molecule has 1 N–H and O–H groups in total. The van der Waals surface area contributed by atoms with Crippen molar-refractivity contribution in [2.24, 2.45) is 0 Å². The monoisotopic (exact) mass is 536 g/mol. The van der Waals surface area contributed by atoms with Crippen LogP contribution < -0.4 is 0 Å². The van der Waals surface area contributed by atoms with Crippen LogP contribution in [0.3, 0.4) is 0 Å². The molecule has 0 unspecified atom stereocenters. The Morgan fingerprint density at radius 3 is 2.38 bits per heavy atom. The maximum absolute atomic E-state index is 13.9. The zero-order valence-corrected chi connectivity index (χ0v) is 21.6. The van der Waals surface area contributed by atoms with Crippen LogP contribution in [0.1, 0.15) is 70.7 Å². The maximum atomic E-state index is 13.9. The topological polar surface area (TPSA) is 62.0 Å². The summed E-state index contributed by atoms with van der Waals surface area (Å²) in [6.45, 7) is 0.710. The van der Waals surface area contributed by atoms with E-state index >= 15 is 0 Å². The number of aryl methyl sites for hydroxylation is 1. The molecule has 202 valence electrons. The molecule has 1 aromatic heterocycles. The highest BCUT2D eigenvalue weighted by Crippen LogP contribution is 2.34. The molecular formula is C30H28F4N4O. The second kappa shape index (κ2) is 10.3. The summed E-state index contributed by atoms with van der Waals surface area (Å²) in [5.74, 6) is -3.03. The number of rotatable bonds is 6. The van der Waals surface area contributed by atoms with Crippen LogP contribution in [0.15, 0.2) is 66.7 Å². The molecular weight excluding hydrogens is 508 g/mol. The maximum Gasteiger partial charge on any atom is 0.320 e. The molecule has 0 saturated carbocycles. The first kappa shape index (κ1) is 26.6. The van der Waals surface area contributed by atoms with Gasteiger partial charge in [0.05, 0.1) is 16.7 Å². The van der Waals surface area contributed by atoms with Gasteiger partial charge in [-0.15, -0.1) is 0 Å². The van der Waals surface area contributed by atoms with Crippen molar-refractivity contribution in [2.45, 2.75) is 45.1 Å². The van der Waals surface area contributed by atoms with Crippen LogP contribution in [0.4, 0.5) is 17.6 Å². The molecule has 1 fully saturated rings. The number of nitrogens with zero attached hydrogens (tertiary/aromatic N) is 3.